The van der Waals surface area contributed by atoms with E-state index < -0.39 is 0 Å². The van der Waals surface area contributed by atoms with Gasteiger partial charge in [0.1, 0.15) is 0 Å². The highest BCUT2D eigenvalue weighted by Crippen LogP contribution is 2.17. The zero-order valence-corrected chi connectivity index (χ0v) is 12.0. The number of hydrogen-bond acceptors (Lipinski definition) is 5. The summed E-state index contributed by atoms with van der Waals surface area (Å²) in [6.45, 7) is 4.47. The predicted octanol–water partition coefficient (Wildman–Crippen LogP) is 1.23. The molecule has 6 heteroatoms. The molecule has 2 heterocycles. The highest BCUT2D eigenvalue weighted by atomic mass is 16.5. The van der Waals surface area contributed by atoms with Crippen LogP contribution in [0.15, 0.2) is 28.8 Å². The zero-order valence-electron chi connectivity index (χ0n) is 12.0. The van der Waals surface area contributed by atoms with Gasteiger partial charge >= 0.3 is 0 Å². The highest BCUT2D eigenvalue weighted by Gasteiger charge is 2.19. The van der Waals surface area contributed by atoms with Crippen LogP contribution in [0.5, 0.6) is 0 Å². The summed E-state index contributed by atoms with van der Waals surface area (Å²) in [4.78, 5) is 17.7. The molecule has 1 aliphatic rings. The minimum atomic E-state index is 0.0381. The van der Waals surface area contributed by atoms with Gasteiger partial charge < -0.3 is 9.84 Å². The molecule has 0 atom stereocenters. The molecule has 6 nitrogen and oxygen atoms in total. The fourth-order valence-electron chi connectivity index (χ4n) is 2.34. The number of benzene rings is 1. The Hall–Kier alpha value is -2.21. The molecule has 0 unspecified atom stereocenters. The minimum Gasteiger partial charge on any atom is -0.354 e. The molecule has 1 aliphatic heterocycles. The largest absolute Gasteiger partial charge is 0.354 e. The van der Waals surface area contributed by atoms with Gasteiger partial charge in [-0.3, -0.25) is 9.69 Å². The summed E-state index contributed by atoms with van der Waals surface area (Å²) < 4.78 is 5.28. The number of nitrogens with zero attached hydrogens (tertiary/aromatic N) is 3. The van der Waals surface area contributed by atoms with Crippen molar-refractivity contribution in [3.05, 3.63) is 35.7 Å². The first-order valence-electron chi connectivity index (χ1n) is 7.15. The Morgan fingerprint density at radius 3 is 2.86 bits per heavy atom. The standard InChI is InChI=1S/C15H18N4O2/c1-2-11-3-5-12(6-4-11)15-17-14(21-18-15)10-19-8-7-16-13(20)9-19/h3-6H,2,7-10H2,1H3,(H,16,20). The Bertz CT molecular complexity index is 621. The number of piperazine rings is 1. The van der Waals surface area contributed by atoms with Gasteiger partial charge in [0, 0.05) is 18.7 Å². The quantitative estimate of drug-likeness (QED) is 0.915. The molecule has 0 spiro atoms. The van der Waals surface area contributed by atoms with Crippen molar-refractivity contribution >= 4 is 5.91 Å². The van der Waals surface area contributed by atoms with Crippen molar-refractivity contribution in [1.29, 1.82) is 0 Å². The molecule has 1 saturated heterocycles. The van der Waals surface area contributed by atoms with Crippen LogP contribution in [0.3, 0.4) is 0 Å². The minimum absolute atomic E-state index is 0.0381. The van der Waals surface area contributed by atoms with Crippen molar-refractivity contribution in [3.63, 3.8) is 0 Å². The first-order chi connectivity index (χ1) is 10.2. The van der Waals surface area contributed by atoms with Crippen molar-refractivity contribution in [1.82, 2.24) is 20.4 Å². The number of rotatable bonds is 4. The lowest BCUT2D eigenvalue weighted by Crippen LogP contribution is -2.47. The van der Waals surface area contributed by atoms with Gasteiger partial charge in [-0.25, -0.2) is 0 Å². The molecule has 0 saturated carbocycles. The lowest BCUT2D eigenvalue weighted by Gasteiger charge is -2.24. The molecule has 1 aromatic heterocycles. The third-order valence-electron chi connectivity index (χ3n) is 3.56. The molecular weight excluding hydrogens is 268 g/mol. The number of amides is 1. The second kappa shape index (κ2) is 6.05. The zero-order chi connectivity index (χ0) is 14.7. The second-order valence-electron chi connectivity index (χ2n) is 5.12. The van der Waals surface area contributed by atoms with Crippen molar-refractivity contribution in [2.45, 2.75) is 19.9 Å². The Morgan fingerprint density at radius 1 is 1.33 bits per heavy atom. The fourth-order valence-corrected chi connectivity index (χ4v) is 2.34. The number of nitrogens with one attached hydrogen (secondary N) is 1. The van der Waals surface area contributed by atoms with Crippen LogP contribution in [0.25, 0.3) is 11.4 Å². The molecule has 3 rings (SSSR count). The van der Waals surface area contributed by atoms with Gasteiger partial charge in [-0.15, -0.1) is 0 Å². The lowest BCUT2D eigenvalue weighted by molar-refractivity contribution is -0.124. The summed E-state index contributed by atoms with van der Waals surface area (Å²) in [6, 6.07) is 8.14. The molecule has 21 heavy (non-hydrogen) atoms. The maximum absolute atomic E-state index is 11.3. The average molecular weight is 286 g/mol. The van der Waals surface area contributed by atoms with Crippen LogP contribution in [-0.2, 0) is 17.8 Å². The molecule has 0 bridgehead atoms. The summed E-state index contributed by atoms with van der Waals surface area (Å²) in [6.07, 6.45) is 1.01. The number of carbonyl (C=O) groups is 1. The average Bonchev–Trinajstić information content (AvgIpc) is 2.96. The molecule has 1 aromatic carbocycles. The van der Waals surface area contributed by atoms with Crippen LogP contribution in [0.2, 0.25) is 0 Å². The van der Waals surface area contributed by atoms with Gasteiger partial charge in [-0.2, -0.15) is 4.98 Å². The van der Waals surface area contributed by atoms with Crippen molar-refractivity contribution in [3.8, 4) is 11.4 Å². The Kier molecular flexibility index (Phi) is 3.96. The smallest absolute Gasteiger partial charge is 0.241 e. The summed E-state index contributed by atoms with van der Waals surface area (Å²) in [5.74, 6) is 1.17. The number of aryl methyl sites for hydroxylation is 1. The van der Waals surface area contributed by atoms with E-state index >= 15 is 0 Å². The van der Waals surface area contributed by atoms with E-state index in [0.29, 0.717) is 31.3 Å². The van der Waals surface area contributed by atoms with Gasteiger partial charge in [0.25, 0.3) is 0 Å². The van der Waals surface area contributed by atoms with E-state index in [1.165, 1.54) is 5.56 Å². The van der Waals surface area contributed by atoms with Crippen LogP contribution in [0.1, 0.15) is 18.4 Å². The molecule has 1 amide bonds. The summed E-state index contributed by atoms with van der Waals surface area (Å²) >= 11 is 0. The van der Waals surface area contributed by atoms with E-state index in [9.17, 15) is 4.79 Å². The Morgan fingerprint density at radius 2 is 2.14 bits per heavy atom. The maximum Gasteiger partial charge on any atom is 0.241 e. The third-order valence-corrected chi connectivity index (χ3v) is 3.56. The van der Waals surface area contributed by atoms with Gasteiger partial charge in [-0.1, -0.05) is 36.3 Å². The van der Waals surface area contributed by atoms with Crippen LogP contribution in [-0.4, -0.2) is 40.6 Å². The molecule has 2 aromatic rings. The molecule has 1 fully saturated rings. The van der Waals surface area contributed by atoms with Gasteiger partial charge in [0.15, 0.2) is 0 Å². The highest BCUT2D eigenvalue weighted by molar-refractivity contribution is 5.78. The lowest BCUT2D eigenvalue weighted by atomic mass is 10.1. The monoisotopic (exact) mass is 286 g/mol. The maximum atomic E-state index is 11.3. The van der Waals surface area contributed by atoms with Gasteiger partial charge in [0.05, 0.1) is 13.1 Å². The molecule has 0 aliphatic carbocycles. The third kappa shape index (κ3) is 3.28. The fraction of sp³-hybridized carbons (Fsp3) is 0.400. The predicted molar refractivity (Wildman–Crippen MR) is 77.4 cm³/mol. The molecule has 110 valence electrons. The first kappa shape index (κ1) is 13.8. The molecule has 1 N–H and O–H groups in total. The summed E-state index contributed by atoms with van der Waals surface area (Å²) in [5.41, 5.74) is 2.22. The van der Waals surface area contributed by atoms with Crippen molar-refractivity contribution < 1.29 is 9.32 Å². The summed E-state index contributed by atoms with van der Waals surface area (Å²) in [7, 11) is 0. The van der Waals surface area contributed by atoms with Crippen molar-refractivity contribution in [2.75, 3.05) is 19.6 Å². The first-order valence-corrected chi connectivity index (χ1v) is 7.15. The van der Waals surface area contributed by atoms with Crippen LogP contribution in [0, 0.1) is 0 Å². The number of hydrogen-bond donors (Lipinski definition) is 1. The van der Waals surface area contributed by atoms with Crippen LogP contribution < -0.4 is 5.32 Å². The normalized spacial score (nSPS) is 16.0. The molecular formula is C15H18N4O2. The second-order valence-corrected chi connectivity index (χ2v) is 5.12. The Labute approximate surface area is 123 Å². The van der Waals surface area contributed by atoms with E-state index in [1.807, 2.05) is 17.0 Å². The van der Waals surface area contributed by atoms with Gasteiger partial charge in [-0.05, 0) is 12.0 Å². The van der Waals surface area contributed by atoms with Crippen molar-refractivity contribution in [2.24, 2.45) is 0 Å². The van der Waals surface area contributed by atoms with Gasteiger partial charge in [0.2, 0.25) is 17.6 Å². The summed E-state index contributed by atoms with van der Waals surface area (Å²) in [5, 5.41) is 6.81. The van der Waals surface area contributed by atoms with E-state index in [-0.39, 0.29) is 5.91 Å². The number of aromatic nitrogens is 2. The number of carbonyl (C=O) groups excluding carboxylic acids is 1. The SMILES string of the molecule is CCc1ccc(-c2noc(CN3CCNC(=O)C3)n2)cc1. The topological polar surface area (TPSA) is 71.3 Å². The van der Waals surface area contributed by atoms with E-state index in [0.717, 1.165) is 18.5 Å². The van der Waals surface area contributed by atoms with E-state index in [4.69, 9.17) is 4.52 Å². The molecule has 0 radical (unpaired) electrons. The Balaban J connectivity index is 1.69. The van der Waals surface area contributed by atoms with Crippen LogP contribution >= 0.6 is 0 Å². The van der Waals surface area contributed by atoms with E-state index in [1.54, 1.807) is 0 Å². The van der Waals surface area contributed by atoms with Crippen LogP contribution in [0.4, 0.5) is 0 Å². The van der Waals surface area contributed by atoms with E-state index in [2.05, 4.69) is 34.5 Å².